The first kappa shape index (κ1) is 15.0. The van der Waals surface area contributed by atoms with Crippen molar-refractivity contribution in [3.05, 3.63) is 35.9 Å². The zero-order chi connectivity index (χ0) is 14.2. The molecule has 0 spiro atoms. The minimum atomic E-state index is 0.0397. The molecule has 0 bridgehead atoms. The Hall–Kier alpha value is -1.35. The van der Waals surface area contributed by atoms with Crippen LogP contribution in [0.2, 0.25) is 0 Å². The largest absolute Gasteiger partial charge is 0.356 e. The number of nitrogens with one attached hydrogen (secondary N) is 1. The number of carbonyl (C=O) groups is 1. The van der Waals surface area contributed by atoms with E-state index in [1.165, 1.54) is 12.0 Å². The van der Waals surface area contributed by atoms with Crippen molar-refractivity contribution in [1.29, 1.82) is 0 Å². The summed E-state index contributed by atoms with van der Waals surface area (Å²) >= 11 is 0. The molecule has 3 heteroatoms. The molecule has 2 atom stereocenters. The summed E-state index contributed by atoms with van der Waals surface area (Å²) in [4.78, 5) is 12.1. The topological polar surface area (TPSA) is 55.1 Å². The van der Waals surface area contributed by atoms with Gasteiger partial charge < -0.3 is 11.1 Å². The molecule has 1 aliphatic rings. The van der Waals surface area contributed by atoms with E-state index in [1.807, 2.05) is 6.07 Å². The number of hydrogen-bond donors (Lipinski definition) is 2. The number of hydrogen-bond acceptors (Lipinski definition) is 2. The number of rotatable bonds is 6. The molecule has 1 fully saturated rings. The van der Waals surface area contributed by atoms with Crippen molar-refractivity contribution in [2.24, 2.45) is 11.7 Å². The van der Waals surface area contributed by atoms with Crippen LogP contribution in [0.5, 0.6) is 0 Å². The van der Waals surface area contributed by atoms with Gasteiger partial charge in [-0.2, -0.15) is 0 Å². The molecular weight excluding hydrogens is 248 g/mol. The predicted octanol–water partition coefficient (Wildman–Crippen LogP) is 2.64. The molecule has 0 heterocycles. The number of aryl methyl sites for hydroxylation is 1. The maximum absolute atomic E-state index is 12.1. The first-order valence-corrected chi connectivity index (χ1v) is 7.84. The lowest BCUT2D eigenvalue weighted by molar-refractivity contribution is -0.126. The van der Waals surface area contributed by atoms with Crippen molar-refractivity contribution in [2.75, 3.05) is 6.54 Å². The van der Waals surface area contributed by atoms with Crippen molar-refractivity contribution in [1.82, 2.24) is 5.32 Å². The van der Waals surface area contributed by atoms with Crippen LogP contribution in [0.4, 0.5) is 0 Å². The van der Waals surface area contributed by atoms with E-state index >= 15 is 0 Å². The third-order valence-corrected chi connectivity index (χ3v) is 4.19. The summed E-state index contributed by atoms with van der Waals surface area (Å²) in [6, 6.07) is 10.5. The molecule has 1 amide bonds. The number of nitrogens with two attached hydrogens (primary N) is 1. The van der Waals surface area contributed by atoms with E-state index in [2.05, 4.69) is 29.6 Å². The Balaban J connectivity index is 1.59. The molecule has 1 aromatic rings. The lowest BCUT2D eigenvalue weighted by Crippen LogP contribution is -2.43. The van der Waals surface area contributed by atoms with Gasteiger partial charge >= 0.3 is 0 Å². The van der Waals surface area contributed by atoms with Crippen LogP contribution in [0, 0.1) is 5.92 Å². The Morgan fingerprint density at radius 2 is 1.90 bits per heavy atom. The molecule has 1 saturated carbocycles. The average molecular weight is 274 g/mol. The van der Waals surface area contributed by atoms with E-state index in [4.69, 9.17) is 5.73 Å². The fourth-order valence-corrected chi connectivity index (χ4v) is 2.93. The van der Waals surface area contributed by atoms with Crippen molar-refractivity contribution >= 4 is 5.91 Å². The second kappa shape index (κ2) is 8.05. The van der Waals surface area contributed by atoms with Gasteiger partial charge in [0, 0.05) is 12.6 Å². The average Bonchev–Trinajstić information content (AvgIpc) is 2.48. The van der Waals surface area contributed by atoms with Crippen molar-refractivity contribution in [3.8, 4) is 0 Å². The minimum Gasteiger partial charge on any atom is -0.356 e. The van der Waals surface area contributed by atoms with Gasteiger partial charge in [0.2, 0.25) is 5.91 Å². The highest BCUT2D eigenvalue weighted by atomic mass is 16.1. The molecule has 1 aromatic carbocycles. The van der Waals surface area contributed by atoms with E-state index in [0.717, 1.165) is 45.1 Å². The maximum atomic E-state index is 12.1. The molecule has 0 saturated heterocycles. The molecule has 2 rings (SSSR count). The Morgan fingerprint density at radius 1 is 1.15 bits per heavy atom. The molecule has 0 aromatic heterocycles. The molecular formula is C17H26N2O. The highest BCUT2D eigenvalue weighted by Crippen LogP contribution is 2.22. The van der Waals surface area contributed by atoms with Gasteiger partial charge in [0.05, 0.1) is 5.92 Å². The fourth-order valence-electron chi connectivity index (χ4n) is 2.93. The van der Waals surface area contributed by atoms with Crippen LogP contribution in [0.15, 0.2) is 30.3 Å². The SMILES string of the molecule is N[C@H]1CCCC[C@H]1C(=O)NCCCCc1ccccc1. The molecule has 110 valence electrons. The summed E-state index contributed by atoms with van der Waals surface area (Å²) < 4.78 is 0. The number of amides is 1. The maximum Gasteiger partial charge on any atom is 0.224 e. The standard InChI is InChI=1S/C17H26N2O/c18-16-12-5-4-11-15(16)17(20)19-13-7-6-10-14-8-2-1-3-9-14/h1-3,8-9,15-16H,4-7,10-13,18H2,(H,19,20)/t15-,16+/m1/s1. The molecule has 0 unspecified atom stereocenters. The van der Waals surface area contributed by atoms with Gasteiger partial charge in [0.1, 0.15) is 0 Å². The molecule has 20 heavy (non-hydrogen) atoms. The fraction of sp³-hybridized carbons (Fsp3) is 0.588. The second-order valence-corrected chi connectivity index (χ2v) is 5.79. The van der Waals surface area contributed by atoms with Gasteiger partial charge in [-0.3, -0.25) is 4.79 Å². The normalized spacial score (nSPS) is 22.4. The van der Waals surface area contributed by atoms with Crippen LogP contribution in [0.1, 0.15) is 44.1 Å². The van der Waals surface area contributed by atoms with Crippen LogP contribution in [0.25, 0.3) is 0 Å². The van der Waals surface area contributed by atoms with Crippen molar-refractivity contribution in [2.45, 2.75) is 51.0 Å². The number of carbonyl (C=O) groups excluding carboxylic acids is 1. The smallest absolute Gasteiger partial charge is 0.224 e. The Kier molecular flexibility index (Phi) is 6.06. The summed E-state index contributed by atoms with van der Waals surface area (Å²) in [7, 11) is 0. The van der Waals surface area contributed by atoms with Gasteiger partial charge in [-0.05, 0) is 37.7 Å². The van der Waals surface area contributed by atoms with Gasteiger partial charge in [0.15, 0.2) is 0 Å². The minimum absolute atomic E-state index is 0.0397. The summed E-state index contributed by atoms with van der Waals surface area (Å²) in [5.41, 5.74) is 7.39. The third kappa shape index (κ3) is 4.64. The molecule has 0 radical (unpaired) electrons. The van der Waals surface area contributed by atoms with Crippen molar-refractivity contribution in [3.63, 3.8) is 0 Å². The van der Waals surface area contributed by atoms with Gasteiger partial charge in [-0.25, -0.2) is 0 Å². The van der Waals surface area contributed by atoms with Crippen LogP contribution < -0.4 is 11.1 Å². The molecule has 1 aliphatic carbocycles. The Bertz CT molecular complexity index is 405. The van der Waals surface area contributed by atoms with E-state index in [1.54, 1.807) is 0 Å². The number of unbranched alkanes of at least 4 members (excludes halogenated alkanes) is 1. The van der Waals surface area contributed by atoms with Crippen LogP contribution in [-0.2, 0) is 11.2 Å². The number of benzene rings is 1. The van der Waals surface area contributed by atoms with Gasteiger partial charge in [-0.15, -0.1) is 0 Å². The third-order valence-electron chi connectivity index (χ3n) is 4.19. The van der Waals surface area contributed by atoms with Crippen molar-refractivity contribution < 1.29 is 4.79 Å². The monoisotopic (exact) mass is 274 g/mol. The Morgan fingerprint density at radius 3 is 2.65 bits per heavy atom. The van der Waals surface area contributed by atoms with E-state index < -0.39 is 0 Å². The van der Waals surface area contributed by atoms with Crippen LogP contribution in [-0.4, -0.2) is 18.5 Å². The van der Waals surface area contributed by atoms with Crippen LogP contribution in [0.3, 0.4) is 0 Å². The highest BCUT2D eigenvalue weighted by molar-refractivity contribution is 5.79. The molecule has 0 aliphatic heterocycles. The summed E-state index contributed by atoms with van der Waals surface area (Å²) in [5, 5.41) is 3.05. The van der Waals surface area contributed by atoms with Gasteiger partial charge in [0.25, 0.3) is 0 Å². The van der Waals surface area contributed by atoms with Gasteiger partial charge in [-0.1, -0.05) is 43.2 Å². The molecule has 3 N–H and O–H groups in total. The first-order valence-electron chi connectivity index (χ1n) is 7.84. The first-order chi connectivity index (χ1) is 9.77. The van der Waals surface area contributed by atoms with E-state index in [9.17, 15) is 4.79 Å². The lowest BCUT2D eigenvalue weighted by atomic mass is 9.84. The zero-order valence-electron chi connectivity index (χ0n) is 12.2. The Labute approximate surface area is 121 Å². The summed E-state index contributed by atoms with van der Waals surface area (Å²) in [5.74, 6) is 0.204. The second-order valence-electron chi connectivity index (χ2n) is 5.79. The summed E-state index contributed by atoms with van der Waals surface area (Å²) in [6.45, 7) is 0.773. The van der Waals surface area contributed by atoms with Crippen LogP contribution >= 0.6 is 0 Å². The van der Waals surface area contributed by atoms with E-state index in [-0.39, 0.29) is 17.9 Å². The van der Waals surface area contributed by atoms with E-state index in [0.29, 0.717) is 0 Å². The zero-order valence-corrected chi connectivity index (χ0v) is 12.2. The summed E-state index contributed by atoms with van der Waals surface area (Å²) in [6.07, 6.45) is 7.48. The highest BCUT2D eigenvalue weighted by Gasteiger charge is 2.27. The predicted molar refractivity (Wildman–Crippen MR) is 82.3 cm³/mol. The quantitative estimate of drug-likeness (QED) is 0.784. The molecule has 3 nitrogen and oxygen atoms in total. The lowest BCUT2D eigenvalue weighted by Gasteiger charge is -2.27.